The average molecular weight is 301 g/mol. The van der Waals surface area contributed by atoms with Gasteiger partial charge in [0.15, 0.2) is 9.84 Å². The first-order valence-corrected chi connectivity index (χ1v) is 8.28. The van der Waals surface area contributed by atoms with Crippen molar-refractivity contribution in [1.82, 2.24) is 15.0 Å². The predicted octanol–water partition coefficient (Wildman–Crippen LogP) is -0.0647. The van der Waals surface area contributed by atoms with Gasteiger partial charge in [-0.25, -0.2) is 8.42 Å². The summed E-state index contributed by atoms with van der Waals surface area (Å²) in [6.07, 6.45) is 0. The maximum absolute atomic E-state index is 11.6. The summed E-state index contributed by atoms with van der Waals surface area (Å²) in [7, 11) is -1.48. The first-order chi connectivity index (χ1) is 9.45. The molecule has 1 fully saturated rings. The molecule has 0 spiro atoms. The standard InChI is InChI=1S/C11H19N5O3S/c1-4-12-9-13-10(15-11(14-9)19-3)16-5-6-20(17,18)7-8(16)2/h8H,4-7H2,1-3H3,(H,12,13,14,15). The quantitative estimate of drug-likeness (QED) is 0.825. The monoisotopic (exact) mass is 301 g/mol. The Morgan fingerprint density at radius 1 is 1.40 bits per heavy atom. The Bertz CT molecular complexity index is 577. The highest BCUT2D eigenvalue weighted by Gasteiger charge is 2.30. The third-order valence-corrected chi connectivity index (χ3v) is 4.84. The van der Waals surface area contributed by atoms with Crippen molar-refractivity contribution < 1.29 is 13.2 Å². The van der Waals surface area contributed by atoms with E-state index in [9.17, 15) is 8.42 Å². The Labute approximate surface area is 118 Å². The maximum atomic E-state index is 11.6. The molecule has 0 radical (unpaired) electrons. The van der Waals surface area contributed by atoms with Gasteiger partial charge in [0.1, 0.15) is 0 Å². The lowest BCUT2D eigenvalue weighted by molar-refractivity contribution is 0.378. The number of ether oxygens (including phenoxy) is 1. The van der Waals surface area contributed by atoms with Crippen LogP contribution in [0.1, 0.15) is 13.8 Å². The zero-order valence-electron chi connectivity index (χ0n) is 11.8. The molecule has 1 N–H and O–H groups in total. The molecule has 9 heteroatoms. The summed E-state index contributed by atoms with van der Waals surface area (Å²) in [5, 5.41) is 3.01. The highest BCUT2D eigenvalue weighted by molar-refractivity contribution is 7.91. The lowest BCUT2D eigenvalue weighted by Crippen LogP contribution is -2.47. The van der Waals surface area contributed by atoms with Gasteiger partial charge >= 0.3 is 6.01 Å². The van der Waals surface area contributed by atoms with Crippen LogP contribution in [-0.2, 0) is 9.84 Å². The van der Waals surface area contributed by atoms with Crippen LogP contribution in [0.5, 0.6) is 6.01 Å². The van der Waals surface area contributed by atoms with Gasteiger partial charge in [-0.3, -0.25) is 0 Å². The highest BCUT2D eigenvalue weighted by Crippen LogP contribution is 2.20. The number of hydrogen-bond donors (Lipinski definition) is 1. The first-order valence-electron chi connectivity index (χ1n) is 6.46. The van der Waals surface area contributed by atoms with E-state index in [0.29, 0.717) is 25.0 Å². The van der Waals surface area contributed by atoms with Crippen molar-refractivity contribution in [3.8, 4) is 6.01 Å². The summed E-state index contributed by atoms with van der Waals surface area (Å²) in [5.74, 6) is 1.09. The van der Waals surface area contributed by atoms with Crippen molar-refractivity contribution in [2.24, 2.45) is 0 Å². The van der Waals surface area contributed by atoms with Crippen LogP contribution >= 0.6 is 0 Å². The molecule has 0 aromatic carbocycles. The van der Waals surface area contributed by atoms with Crippen LogP contribution in [0.4, 0.5) is 11.9 Å². The second kappa shape index (κ2) is 5.78. The van der Waals surface area contributed by atoms with Gasteiger partial charge in [0.05, 0.1) is 18.6 Å². The van der Waals surface area contributed by atoms with Gasteiger partial charge in [0, 0.05) is 19.1 Å². The molecular formula is C11H19N5O3S. The van der Waals surface area contributed by atoms with Gasteiger partial charge in [0.2, 0.25) is 11.9 Å². The Kier molecular flexibility index (Phi) is 4.26. The SMILES string of the molecule is CCNc1nc(OC)nc(N2CCS(=O)(=O)CC2C)n1. The summed E-state index contributed by atoms with van der Waals surface area (Å²) in [4.78, 5) is 14.5. The molecule has 1 saturated heterocycles. The molecular weight excluding hydrogens is 282 g/mol. The molecule has 0 saturated carbocycles. The lowest BCUT2D eigenvalue weighted by Gasteiger charge is -2.33. The number of anilines is 2. The molecule has 1 atom stereocenters. The minimum Gasteiger partial charge on any atom is -0.467 e. The molecule has 8 nitrogen and oxygen atoms in total. The van der Waals surface area contributed by atoms with Gasteiger partial charge in [-0.1, -0.05) is 0 Å². The van der Waals surface area contributed by atoms with Crippen LogP contribution in [0.25, 0.3) is 0 Å². The van der Waals surface area contributed by atoms with Crippen molar-refractivity contribution >= 4 is 21.7 Å². The molecule has 20 heavy (non-hydrogen) atoms. The fourth-order valence-electron chi connectivity index (χ4n) is 2.10. The Hall–Kier alpha value is -1.64. The fraction of sp³-hybridized carbons (Fsp3) is 0.727. The number of nitrogens with zero attached hydrogens (tertiary/aromatic N) is 4. The normalized spacial score (nSPS) is 21.6. The minimum absolute atomic E-state index is 0.109. The van der Waals surface area contributed by atoms with E-state index in [1.807, 2.05) is 18.7 Å². The molecule has 1 aromatic rings. The van der Waals surface area contributed by atoms with E-state index in [-0.39, 0.29) is 23.6 Å². The Morgan fingerprint density at radius 2 is 2.15 bits per heavy atom. The fourth-order valence-corrected chi connectivity index (χ4v) is 3.65. The first kappa shape index (κ1) is 14.8. The third kappa shape index (κ3) is 3.27. The third-order valence-electron chi connectivity index (χ3n) is 3.05. The zero-order valence-corrected chi connectivity index (χ0v) is 12.6. The molecule has 2 heterocycles. The zero-order chi connectivity index (χ0) is 14.8. The van der Waals surface area contributed by atoms with Crippen LogP contribution in [0, 0.1) is 0 Å². The van der Waals surface area contributed by atoms with Crippen molar-refractivity contribution in [3.63, 3.8) is 0 Å². The second-order valence-electron chi connectivity index (χ2n) is 4.63. The highest BCUT2D eigenvalue weighted by atomic mass is 32.2. The van der Waals surface area contributed by atoms with E-state index in [1.54, 1.807) is 0 Å². The van der Waals surface area contributed by atoms with Crippen LogP contribution in [-0.4, -0.2) is 61.1 Å². The van der Waals surface area contributed by atoms with Gasteiger partial charge in [-0.15, -0.1) is 0 Å². The molecule has 1 aliphatic rings. The number of sulfone groups is 1. The molecule has 1 aromatic heterocycles. The van der Waals surface area contributed by atoms with Crippen molar-refractivity contribution in [2.45, 2.75) is 19.9 Å². The summed E-state index contributed by atoms with van der Waals surface area (Å²) in [5.41, 5.74) is 0. The molecule has 0 amide bonds. The van der Waals surface area contributed by atoms with Crippen LogP contribution in [0.3, 0.4) is 0 Å². The minimum atomic E-state index is -2.97. The Morgan fingerprint density at radius 3 is 2.75 bits per heavy atom. The van der Waals surface area contributed by atoms with Crippen LogP contribution in [0.2, 0.25) is 0 Å². The number of nitrogens with one attached hydrogen (secondary N) is 1. The van der Waals surface area contributed by atoms with Gasteiger partial charge in [-0.05, 0) is 13.8 Å². The van der Waals surface area contributed by atoms with Crippen molar-refractivity contribution in [1.29, 1.82) is 0 Å². The van der Waals surface area contributed by atoms with E-state index in [0.717, 1.165) is 0 Å². The molecule has 2 rings (SSSR count). The van der Waals surface area contributed by atoms with Crippen LogP contribution < -0.4 is 15.0 Å². The lowest BCUT2D eigenvalue weighted by atomic mass is 10.3. The van der Waals surface area contributed by atoms with E-state index < -0.39 is 9.84 Å². The molecule has 0 aliphatic carbocycles. The molecule has 112 valence electrons. The van der Waals surface area contributed by atoms with Gasteiger partial charge in [0.25, 0.3) is 0 Å². The predicted molar refractivity (Wildman–Crippen MR) is 76.0 cm³/mol. The topological polar surface area (TPSA) is 97.3 Å². The van der Waals surface area contributed by atoms with Gasteiger partial charge in [-0.2, -0.15) is 15.0 Å². The number of rotatable bonds is 4. The van der Waals surface area contributed by atoms with Gasteiger partial charge < -0.3 is 15.0 Å². The summed E-state index contributed by atoms with van der Waals surface area (Å²) in [6.45, 7) is 4.84. The van der Waals surface area contributed by atoms with E-state index in [4.69, 9.17) is 4.74 Å². The summed E-state index contributed by atoms with van der Waals surface area (Å²) < 4.78 is 28.3. The number of aromatic nitrogens is 3. The van der Waals surface area contributed by atoms with Crippen molar-refractivity contribution in [3.05, 3.63) is 0 Å². The van der Waals surface area contributed by atoms with Crippen LogP contribution in [0.15, 0.2) is 0 Å². The largest absolute Gasteiger partial charge is 0.467 e. The molecule has 1 aliphatic heterocycles. The second-order valence-corrected chi connectivity index (χ2v) is 6.86. The van der Waals surface area contributed by atoms with E-state index in [1.165, 1.54) is 7.11 Å². The Balaban J connectivity index is 2.29. The smallest absolute Gasteiger partial charge is 0.322 e. The van der Waals surface area contributed by atoms with E-state index in [2.05, 4.69) is 20.3 Å². The van der Waals surface area contributed by atoms with E-state index >= 15 is 0 Å². The summed E-state index contributed by atoms with van der Waals surface area (Å²) >= 11 is 0. The molecule has 1 unspecified atom stereocenters. The number of methoxy groups -OCH3 is 1. The maximum Gasteiger partial charge on any atom is 0.322 e. The summed E-state index contributed by atoms with van der Waals surface area (Å²) in [6, 6.07) is 0.0434. The molecule has 0 bridgehead atoms. The number of hydrogen-bond acceptors (Lipinski definition) is 8. The average Bonchev–Trinajstić information content (AvgIpc) is 2.37. The van der Waals surface area contributed by atoms with Crippen molar-refractivity contribution in [2.75, 3.05) is 41.9 Å².